The first kappa shape index (κ1) is 15.6. The maximum atomic E-state index is 12.3. The number of amides is 1. The predicted molar refractivity (Wildman–Crippen MR) is 87.1 cm³/mol. The summed E-state index contributed by atoms with van der Waals surface area (Å²) in [5.41, 5.74) is 0.384. The van der Waals surface area contributed by atoms with Gasteiger partial charge in [-0.25, -0.2) is 4.68 Å². The minimum atomic E-state index is -0.195. The van der Waals surface area contributed by atoms with Crippen molar-refractivity contribution < 1.29 is 4.79 Å². The zero-order chi connectivity index (χ0) is 16.2. The molecular weight excluding hydrogens is 294 g/mol. The highest BCUT2D eigenvalue weighted by Gasteiger charge is 2.17. The highest BCUT2D eigenvalue weighted by atomic mass is 16.2. The minimum absolute atomic E-state index is 0.0714. The quantitative estimate of drug-likeness (QED) is 0.817. The summed E-state index contributed by atoms with van der Waals surface area (Å²) in [6.45, 7) is 3.69. The number of benzene rings is 1. The SMILES string of the molecule is CN1CCCN(C(=O)CCn2nnc3ccccc3c2=O)CC1. The normalized spacial score (nSPS) is 16.5. The summed E-state index contributed by atoms with van der Waals surface area (Å²) in [6.07, 6.45) is 1.26. The lowest BCUT2D eigenvalue weighted by Gasteiger charge is -2.20. The average Bonchev–Trinajstić information content (AvgIpc) is 2.79. The van der Waals surface area contributed by atoms with Gasteiger partial charge in [-0.05, 0) is 32.1 Å². The molecule has 0 aliphatic carbocycles. The standard InChI is InChI=1S/C16H21N5O2/c1-19-8-4-9-20(12-11-19)15(22)7-10-21-16(23)13-5-2-3-6-14(13)17-18-21/h2-3,5-6H,4,7-12H2,1H3. The van der Waals surface area contributed by atoms with Gasteiger partial charge in [-0.1, -0.05) is 17.3 Å². The predicted octanol–water partition coefficient (Wildman–Crippen LogP) is 0.346. The fourth-order valence-corrected chi connectivity index (χ4v) is 2.83. The molecule has 0 radical (unpaired) electrons. The molecule has 7 heteroatoms. The monoisotopic (exact) mass is 315 g/mol. The Morgan fingerprint density at radius 3 is 2.87 bits per heavy atom. The highest BCUT2D eigenvalue weighted by molar-refractivity contribution is 5.77. The van der Waals surface area contributed by atoms with Crippen LogP contribution in [0.2, 0.25) is 0 Å². The van der Waals surface area contributed by atoms with Gasteiger partial charge in [0.15, 0.2) is 0 Å². The lowest BCUT2D eigenvalue weighted by Crippen LogP contribution is -2.36. The van der Waals surface area contributed by atoms with E-state index in [2.05, 4.69) is 22.3 Å². The lowest BCUT2D eigenvalue weighted by atomic mass is 10.2. The second kappa shape index (κ2) is 6.87. The Hall–Kier alpha value is -2.28. The summed E-state index contributed by atoms with van der Waals surface area (Å²) >= 11 is 0. The van der Waals surface area contributed by atoms with E-state index in [0.29, 0.717) is 10.9 Å². The fraction of sp³-hybridized carbons (Fsp3) is 0.500. The van der Waals surface area contributed by atoms with Crippen molar-refractivity contribution in [3.63, 3.8) is 0 Å². The molecule has 1 aliphatic rings. The van der Waals surface area contributed by atoms with E-state index in [9.17, 15) is 9.59 Å². The van der Waals surface area contributed by atoms with E-state index in [1.54, 1.807) is 18.2 Å². The molecule has 2 heterocycles. The molecule has 1 amide bonds. The van der Waals surface area contributed by atoms with Gasteiger partial charge in [0, 0.05) is 26.1 Å². The van der Waals surface area contributed by atoms with Crippen LogP contribution in [-0.2, 0) is 11.3 Å². The van der Waals surface area contributed by atoms with Gasteiger partial charge >= 0.3 is 0 Å². The van der Waals surface area contributed by atoms with Crippen molar-refractivity contribution in [2.45, 2.75) is 19.4 Å². The van der Waals surface area contributed by atoms with Gasteiger partial charge in [-0.2, -0.15) is 0 Å². The van der Waals surface area contributed by atoms with Gasteiger partial charge in [0.25, 0.3) is 5.56 Å². The molecule has 0 saturated carbocycles. The third-order valence-corrected chi connectivity index (χ3v) is 4.24. The zero-order valence-corrected chi connectivity index (χ0v) is 13.3. The molecule has 122 valence electrons. The van der Waals surface area contributed by atoms with Crippen molar-refractivity contribution in [1.82, 2.24) is 24.8 Å². The molecule has 1 saturated heterocycles. The summed E-state index contributed by atoms with van der Waals surface area (Å²) in [7, 11) is 2.07. The molecule has 3 rings (SSSR count). The van der Waals surface area contributed by atoms with Gasteiger partial charge in [0.1, 0.15) is 5.52 Å². The fourth-order valence-electron chi connectivity index (χ4n) is 2.83. The number of carbonyl (C=O) groups is 1. The van der Waals surface area contributed by atoms with Crippen molar-refractivity contribution in [3.05, 3.63) is 34.6 Å². The Labute approximate surface area is 134 Å². The minimum Gasteiger partial charge on any atom is -0.341 e. The number of likely N-dealkylation sites (N-methyl/N-ethyl adjacent to an activating group) is 1. The molecule has 0 spiro atoms. The first-order valence-corrected chi connectivity index (χ1v) is 7.94. The van der Waals surface area contributed by atoms with E-state index in [1.807, 2.05) is 11.0 Å². The highest BCUT2D eigenvalue weighted by Crippen LogP contribution is 2.05. The third kappa shape index (κ3) is 3.56. The van der Waals surface area contributed by atoms with Crippen molar-refractivity contribution in [1.29, 1.82) is 0 Å². The number of rotatable bonds is 3. The van der Waals surface area contributed by atoms with Crippen LogP contribution < -0.4 is 5.56 Å². The molecule has 0 atom stereocenters. The number of hydrogen-bond donors (Lipinski definition) is 0. The molecule has 2 aromatic rings. The van der Waals surface area contributed by atoms with Crippen LogP contribution in [0.25, 0.3) is 10.9 Å². The molecule has 1 fully saturated rings. The molecule has 0 unspecified atom stereocenters. The largest absolute Gasteiger partial charge is 0.341 e. The Balaban J connectivity index is 1.67. The van der Waals surface area contributed by atoms with Gasteiger partial charge in [-0.3, -0.25) is 9.59 Å². The second-order valence-electron chi connectivity index (χ2n) is 5.92. The zero-order valence-electron chi connectivity index (χ0n) is 13.3. The summed E-state index contributed by atoms with van der Waals surface area (Å²) in [6, 6.07) is 7.11. The summed E-state index contributed by atoms with van der Waals surface area (Å²) < 4.78 is 1.28. The van der Waals surface area contributed by atoms with Gasteiger partial charge in [-0.15, -0.1) is 5.10 Å². The number of hydrogen-bond acceptors (Lipinski definition) is 5. The van der Waals surface area contributed by atoms with E-state index in [4.69, 9.17) is 0 Å². The number of aryl methyl sites for hydroxylation is 1. The molecule has 1 aromatic heterocycles. The first-order valence-electron chi connectivity index (χ1n) is 7.94. The van der Waals surface area contributed by atoms with Crippen LogP contribution in [0.1, 0.15) is 12.8 Å². The molecule has 23 heavy (non-hydrogen) atoms. The maximum absolute atomic E-state index is 12.3. The number of aromatic nitrogens is 3. The maximum Gasteiger partial charge on any atom is 0.277 e. The summed E-state index contributed by atoms with van der Waals surface area (Å²) in [5.74, 6) is 0.0714. The molecule has 0 bridgehead atoms. The summed E-state index contributed by atoms with van der Waals surface area (Å²) in [5, 5.41) is 8.50. The van der Waals surface area contributed by atoms with Crippen molar-refractivity contribution in [3.8, 4) is 0 Å². The smallest absolute Gasteiger partial charge is 0.277 e. The van der Waals surface area contributed by atoms with Gasteiger partial charge in [0.2, 0.25) is 5.91 Å². The number of nitrogens with zero attached hydrogens (tertiary/aromatic N) is 5. The van der Waals surface area contributed by atoms with Crippen LogP contribution in [0.4, 0.5) is 0 Å². The van der Waals surface area contributed by atoms with Gasteiger partial charge < -0.3 is 9.80 Å². The Bertz CT molecular complexity index is 757. The molecule has 0 N–H and O–H groups in total. The Kier molecular flexibility index (Phi) is 4.66. The van der Waals surface area contributed by atoms with E-state index in [-0.39, 0.29) is 24.4 Å². The van der Waals surface area contributed by atoms with E-state index < -0.39 is 0 Å². The Morgan fingerprint density at radius 1 is 1.17 bits per heavy atom. The van der Waals surface area contributed by atoms with Crippen LogP contribution in [0.3, 0.4) is 0 Å². The van der Waals surface area contributed by atoms with Crippen molar-refractivity contribution >= 4 is 16.8 Å². The molecular formula is C16H21N5O2. The number of fused-ring (bicyclic) bond motifs is 1. The lowest BCUT2D eigenvalue weighted by molar-refractivity contribution is -0.131. The topological polar surface area (TPSA) is 71.3 Å². The molecule has 7 nitrogen and oxygen atoms in total. The Morgan fingerprint density at radius 2 is 2.00 bits per heavy atom. The second-order valence-corrected chi connectivity index (χ2v) is 5.92. The summed E-state index contributed by atoms with van der Waals surface area (Å²) in [4.78, 5) is 28.8. The average molecular weight is 315 g/mol. The van der Waals surface area contributed by atoms with Gasteiger partial charge in [0.05, 0.1) is 11.9 Å². The van der Waals surface area contributed by atoms with Crippen LogP contribution in [-0.4, -0.2) is 63.9 Å². The van der Waals surface area contributed by atoms with Crippen LogP contribution in [0.15, 0.2) is 29.1 Å². The van der Waals surface area contributed by atoms with E-state index in [0.717, 1.165) is 32.6 Å². The van der Waals surface area contributed by atoms with E-state index in [1.165, 1.54) is 4.68 Å². The first-order chi connectivity index (χ1) is 11.1. The molecule has 1 aliphatic heterocycles. The third-order valence-electron chi connectivity index (χ3n) is 4.24. The van der Waals surface area contributed by atoms with Crippen molar-refractivity contribution in [2.24, 2.45) is 0 Å². The van der Waals surface area contributed by atoms with Crippen LogP contribution in [0.5, 0.6) is 0 Å². The number of carbonyl (C=O) groups excluding carboxylic acids is 1. The molecule has 1 aromatic carbocycles. The van der Waals surface area contributed by atoms with Crippen molar-refractivity contribution in [2.75, 3.05) is 33.2 Å². The van der Waals surface area contributed by atoms with Crippen LogP contribution >= 0.6 is 0 Å². The van der Waals surface area contributed by atoms with Crippen LogP contribution in [0, 0.1) is 0 Å². The van der Waals surface area contributed by atoms with E-state index >= 15 is 0 Å².